The second-order valence-corrected chi connectivity index (χ2v) is 2.03. The van der Waals surface area contributed by atoms with Crippen LogP contribution in [0, 0.1) is 11.5 Å². The predicted octanol–water partition coefficient (Wildman–Crippen LogP) is 0.218. The molecular weight excluding hydrogens is 116 g/mol. The molecule has 0 rings (SSSR count). The lowest BCUT2D eigenvalue weighted by Crippen LogP contribution is -2.09. The Hall–Kier alpha value is -0.750. The normalized spacial score (nSPS) is 12.1. The minimum Gasteiger partial charge on any atom is -0.393 e. The fraction of sp³-hybridized carbons (Fsp3) is 0.833. The molecule has 9 heavy (non-hydrogen) atoms. The Kier molecular flexibility index (Phi) is 4.94. The summed E-state index contributed by atoms with van der Waals surface area (Å²) in [6.45, 7) is 2.41. The maximum absolute atomic E-state index is 8.74. The van der Waals surface area contributed by atoms with E-state index < -0.39 is 0 Å². The van der Waals surface area contributed by atoms with Gasteiger partial charge in [0.2, 0.25) is 0 Å². The lowest BCUT2D eigenvalue weighted by Gasteiger charge is -2.00. The third-order valence-corrected chi connectivity index (χ3v) is 1.00. The van der Waals surface area contributed by atoms with Crippen LogP contribution in [0.25, 0.3) is 0 Å². The average molecular weight is 128 g/mol. The number of nitrogens with zero attached hydrogens (tertiary/aromatic N) is 1. The minimum absolute atomic E-state index is 0.245. The van der Waals surface area contributed by atoms with Crippen LogP contribution in [0.3, 0.4) is 0 Å². The van der Waals surface area contributed by atoms with Gasteiger partial charge in [0, 0.05) is 6.54 Å². The Morgan fingerprint density at radius 1 is 1.78 bits per heavy atom. The molecule has 2 N–H and O–H groups in total. The standard InChI is InChI=1S/C6H12N2O/c1-6(9)3-2-4-8-5-7/h6,8-9H,2-4H2,1H3. The zero-order chi connectivity index (χ0) is 7.11. The van der Waals surface area contributed by atoms with Crippen molar-refractivity contribution < 1.29 is 5.11 Å². The highest BCUT2D eigenvalue weighted by atomic mass is 16.3. The van der Waals surface area contributed by atoms with Crippen LogP contribution in [0.15, 0.2) is 0 Å². The molecule has 0 aliphatic carbocycles. The maximum atomic E-state index is 8.74. The van der Waals surface area contributed by atoms with Crippen molar-refractivity contribution >= 4 is 0 Å². The Labute approximate surface area is 55.3 Å². The van der Waals surface area contributed by atoms with Crippen LogP contribution in [0.4, 0.5) is 0 Å². The third-order valence-electron chi connectivity index (χ3n) is 1.00. The summed E-state index contributed by atoms with van der Waals surface area (Å²) >= 11 is 0. The lowest BCUT2D eigenvalue weighted by molar-refractivity contribution is 0.182. The first-order valence-corrected chi connectivity index (χ1v) is 3.07. The minimum atomic E-state index is -0.245. The van der Waals surface area contributed by atoms with E-state index in [2.05, 4.69) is 5.32 Å². The Bertz CT molecular complexity index is 95.7. The fourth-order valence-electron chi connectivity index (χ4n) is 0.542. The van der Waals surface area contributed by atoms with E-state index in [1.54, 1.807) is 6.92 Å². The average Bonchev–Trinajstić information content (AvgIpc) is 1.80. The summed E-state index contributed by atoms with van der Waals surface area (Å²) in [4.78, 5) is 0. The molecule has 0 heterocycles. The van der Waals surface area contributed by atoms with Crippen molar-refractivity contribution in [2.24, 2.45) is 0 Å². The van der Waals surface area contributed by atoms with E-state index in [4.69, 9.17) is 10.4 Å². The molecular formula is C6H12N2O. The Morgan fingerprint density at radius 2 is 2.44 bits per heavy atom. The van der Waals surface area contributed by atoms with Crippen molar-refractivity contribution in [3.05, 3.63) is 0 Å². The molecule has 0 saturated carbocycles. The molecule has 1 unspecified atom stereocenters. The molecule has 0 aromatic carbocycles. The maximum Gasteiger partial charge on any atom is 0.176 e. The van der Waals surface area contributed by atoms with Crippen molar-refractivity contribution in [3.8, 4) is 6.19 Å². The van der Waals surface area contributed by atoms with Gasteiger partial charge < -0.3 is 10.4 Å². The van der Waals surface area contributed by atoms with E-state index in [0.29, 0.717) is 6.54 Å². The van der Waals surface area contributed by atoms with E-state index in [1.807, 2.05) is 6.19 Å². The van der Waals surface area contributed by atoms with Crippen LogP contribution in [0.5, 0.6) is 0 Å². The first-order valence-electron chi connectivity index (χ1n) is 3.07. The number of aliphatic hydroxyl groups is 1. The van der Waals surface area contributed by atoms with Crippen LogP contribution in [0.1, 0.15) is 19.8 Å². The first-order chi connectivity index (χ1) is 4.27. The molecule has 0 aromatic heterocycles. The second-order valence-electron chi connectivity index (χ2n) is 2.03. The highest BCUT2D eigenvalue weighted by Crippen LogP contribution is 1.92. The Balaban J connectivity index is 2.85. The molecule has 3 heteroatoms. The van der Waals surface area contributed by atoms with Crippen molar-refractivity contribution in [2.45, 2.75) is 25.9 Å². The molecule has 0 radical (unpaired) electrons. The number of hydrogen-bond acceptors (Lipinski definition) is 3. The number of nitriles is 1. The van der Waals surface area contributed by atoms with Gasteiger partial charge in [0.1, 0.15) is 0 Å². The molecule has 0 aliphatic rings. The smallest absolute Gasteiger partial charge is 0.176 e. The second kappa shape index (κ2) is 5.39. The van der Waals surface area contributed by atoms with Crippen molar-refractivity contribution in [2.75, 3.05) is 6.54 Å². The number of nitrogens with one attached hydrogen (secondary N) is 1. The fourth-order valence-corrected chi connectivity index (χ4v) is 0.542. The summed E-state index contributed by atoms with van der Waals surface area (Å²) in [5, 5.41) is 19.2. The topological polar surface area (TPSA) is 56.0 Å². The van der Waals surface area contributed by atoms with Crippen molar-refractivity contribution in [1.82, 2.24) is 5.32 Å². The van der Waals surface area contributed by atoms with Gasteiger partial charge in [0.25, 0.3) is 0 Å². The van der Waals surface area contributed by atoms with Gasteiger partial charge in [-0.05, 0) is 19.8 Å². The summed E-state index contributed by atoms with van der Waals surface area (Å²) in [5.41, 5.74) is 0. The van der Waals surface area contributed by atoms with Crippen LogP contribution < -0.4 is 5.32 Å². The largest absolute Gasteiger partial charge is 0.393 e. The predicted molar refractivity (Wildman–Crippen MR) is 34.5 cm³/mol. The number of aliphatic hydroxyl groups excluding tert-OH is 1. The van der Waals surface area contributed by atoms with Crippen molar-refractivity contribution in [3.63, 3.8) is 0 Å². The van der Waals surface area contributed by atoms with Gasteiger partial charge in [-0.2, -0.15) is 5.26 Å². The van der Waals surface area contributed by atoms with Crippen LogP contribution >= 0.6 is 0 Å². The molecule has 52 valence electrons. The van der Waals surface area contributed by atoms with Gasteiger partial charge in [0.05, 0.1) is 6.10 Å². The summed E-state index contributed by atoms with van der Waals surface area (Å²) in [5.74, 6) is 0. The van der Waals surface area contributed by atoms with Gasteiger partial charge in [-0.1, -0.05) is 0 Å². The Morgan fingerprint density at radius 3 is 2.89 bits per heavy atom. The SMILES string of the molecule is CC(O)CCCNC#N. The van der Waals surface area contributed by atoms with E-state index >= 15 is 0 Å². The molecule has 3 nitrogen and oxygen atoms in total. The zero-order valence-electron chi connectivity index (χ0n) is 5.59. The van der Waals surface area contributed by atoms with Gasteiger partial charge in [-0.15, -0.1) is 0 Å². The molecule has 0 saturated heterocycles. The molecule has 0 spiro atoms. The van der Waals surface area contributed by atoms with E-state index in [1.165, 1.54) is 0 Å². The first kappa shape index (κ1) is 8.25. The molecule has 0 aromatic rings. The molecule has 0 fully saturated rings. The van der Waals surface area contributed by atoms with Gasteiger partial charge in [-0.25, -0.2) is 0 Å². The van der Waals surface area contributed by atoms with Gasteiger partial charge >= 0.3 is 0 Å². The molecule has 0 aliphatic heterocycles. The molecule has 0 amide bonds. The summed E-state index contributed by atoms with van der Waals surface area (Å²) in [6, 6.07) is 0. The van der Waals surface area contributed by atoms with E-state index in [-0.39, 0.29) is 6.10 Å². The summed E-state index contributed by atoms with van der Waals surface area (Å²) in [6.07, 6.45) is 3.18. The molecule has 0 bridgehead atoms. The zero-order valence-corrected chi connectivity index (χ0v) is 5.59. The van der Waals surface area contributed by atoms with Gasteiger partial charge in [-0.3, -0.25) is 0 Å². The summed E-state index contributed by atoms with van der Waals surface area (Å²) in [7, 11) is 0. The third kappa shape index (κ3) is 7.25. The van der Waals surface area contributed by atoms with E-state index in [0.717, 1.165) is 12.8 Å². The summed E-state index contributed by atoms with van der Waals surface area (Å²) < 4.78 is 0. The van der Waals surface area contributed by atoms with Crippen LogP contribution in [0.2, 0.25) is 0 Å². The number of hydrogen-bond donors (Lipinski definition) is 2. The van der Waals surface area contributed by atoms with E-state index in [9.17, 15) is 0 Å². The highest BCUT2D eigenvalue weighted by Gasteiger charge is 1.92. The highest BCUT2D eigenvalue weighted by molar-refractivity contribution is 4.64. The quantitative estimate of drug-likeness (QED) is 0.323. The number of rotatable bonds is 4. The van der Waals surface area contributed by atoms with Crippen LogP contribution in [-0.4, -0.2) is 17.8 Å². The lowest BCUT2D eigenvalue weighted by atomic mass is 10.2. The van der Waals surface area contributed by atoms with Gasteiger partial charge in [0.15, 0.2) is 6.19 Å². The monoisotopic (exact) mass is 128 g/mol. The molecule has 1 atom stereocenters. The van der Waals surface area contributed by atoms with Crippen LogP contribution in [-0.2, 0) is 0 Å². The van der Waals surface area contributed by atoms with Crippen molar-refractivity contribution in [1.29, 1.82) is 5.26 Å².